The van der Waals surface area contributed by atoms with Crippen LogP contribution in [0.2, 0.25) is 0 Å². The minimum atomic E-state index is -0.306. The molecule has 6 nitrogen and oxygen atoms in total. The first-order valence-corrected chi connectivity index (χ1v) is 10.2. The van der Waals surface area contributed by atoms with Crippen LogP contribution < -0.4 is 14.4 Å². The molecule has 2 fully saturated rings. The maximum atomic E-state index is 13.3. The maximum Gasteiger partial charge on any atom is 0.228 e. The molecule has 0 bridgehead atoms. The molecule has 3 aliphatic rings. The number of benzene rings is 2. The summed E-state index contributed by atoms with van der Waals surface area (Å²) in [5.41, 5.74) is 1.89. The minimum Gasteiger partial charge on any atom is -0.486 e. The average molecular weight is 392 g/mol. The minimum absolute atomic E-state index is 0.0181. The van der Waals surface area contributed by atoms with Crippen molar-refractivity contribution < 1.29 is 19.1 Å². The number of rotatable bonds is 5. The Balaban J connectivity index is 1.32. The van der Waals surface area contributed by atoms with Gasteiger partial charge >= 0.3 is 0 Å². The molecule has 1 saturated carbocycles. The summed E-state index contributed by atoms with van der Waals surface area (Å²) in [5.74, 6) is 1.11. The topological polar surface area (TPSA) is 59.1 Å². The summed E-state index contributed by atoms with van der Waals surface area (Å²) in [6.07, 6.45) is 2.35. The van der Waals surface area contributed by atoms with Crippen molar-refractivity contribution in [3.63, 3.8) is 0 Å². The molecule has 0 radical (unpaired) electrons. The molecule has 150 valence electrons. The monoisotopic (exact) mass is 392 g/mol. The third-order valence-corrected chi connectivity index (χ3v) is 5.78. The summed E-state index contributed by atoms with van der Waals surface area (Å²) in [6.45, 7) is 2.06. The molecule has 2 aromatic carbocycles. The predicted molar refractivity (Wildman–Crippen MR) is 108 cm³/mol. The van der Waals surface area contributed by atoms with Crippen LogP contribution in [0.3, 0.4) is 0 Å². The van der Waals surface area contributed by atoms with Gasteiger partial charge in [0.05, 0.1) is 5.92 Å². The Kier molecular flexibility index (Phi) is 4.62. The number of nitrogens with zero attached hydrogens (tertiary/aromatic N) is 2. The van der Waals surface area contributed by atoms with E-state index in [1.54, 1.807) is 4.90 Å². The van der Waals surface area contributed by atoms with E-state index in [1.165, 1.54) is 0 Å². The molecule has 5 rings (SSSR count). The highest BCUT2D eigenvalue weighted by atomic mass is 16.6. The van der Waals surface area contributed by atoms with Crippen molar-refractivity contribution in [3.8, 4) is 11.5 Å². The van der Waals surface area contributed by atoms with Crippen LogP contribution in [0.4, 0.5) is 5.69 Å². The van der Waals surface area contributed by atoms with E-state index in [1.807, 2.05) is 53.4 Å². The zero-order chi connectivity index (χ0) is 19.8. The van der Waals surface area contributed by atoms with Crippen molar-refractivity contribution in [2.24, 2.45) is 5.92 Å². The Morgan fingerprint density at radius 1 is 1.03 bits per heavy atom. The van der Waals surface area contributed by atoms with E-state index >= 15 is 0 Å². The molecular weight excluding hydrogens is 368 g/mol. The number of amides is 2. The Bertz CT molecular complexity index is 926. The predicted octanol–water partition coefficient (Wildman–Crippen LogP) is 3.00. The second-order valence-electron chi connectivity index (χ2n) is 7.92. The fraction of sp³-hybridized carbons (Fsp3) is 0.391. The first-order valence-electron chi connectivity index (χ1n) is 10.2. The number of anilines is 1. The second-order valence-corrected chi connectivity index (χ2v) is 7.92. The van der Waals surface area contributed by atoms with Gasteiger partial charge in [-0.3, -0.25) is 9.59 Å². The summed E-state index contributed by atoms with van der Waals surface area (Å²) in [5, 5.41) is 0. The van der Waals surface area contributed by atoms with E-state index in [4.69, 9.17) is 9.47 Å². The molecule has 1 unspecified atom stereocenters. The van der Waals surface area contributed by atoms with Crippen LogP contribution in [0.25, 0.3) is 0 Å². The lowest BCUT2D eigenvalue weighted by Gasteiger charge is -2.26. The lowest BCUT2D eigenvalue weighted by Crippen LogP contribution is -2.38. The van der Waals surface area contributed by atoms with Gasteiger partial charge in [-0.25, -0.2) is 0 Å². The fourth-order valence-electron chi connectivity index (χ4n) is 4.11. The Morgan fingerprint density at radius 2 is 1.79 bits per heavy atom. The van der Waals surface area contributed by atoms with Gasteiger partial charge < -0.3 is 19.3 Å². The van der Waals surface area contributed by atoms with Gasteiger partial charge in [-0.05, 0) is 30.5 Å². The molecule has 0 spiro atoms. The zero-order valence-corrected chi connectivity index (χ0v) is 16.3. The Morgan fingerprint density at radius 3 is 2.55 bits per heavy atom. The molecule has 2 aliphatic heterocycles. The highest BCUT2D eigenvalue weighted by Gasteiger charge is 2.41. The molecule has 0 N–H and O–H groups in total. The van der Waals surface area contributed by atoms with Crippen LogP contribution in [0.1, 0.15) is 24.8 Å². The van der Waals surface area contributed by atoms with Crippen molar-refractivity contribution in [2.75, 3.05) is 24.7 Å². The number of fused-ring (bicyclic) bond motifs is 1. The van der Waals surface area contributed by atoms with Crippen LogP contribution >= 0.6 is 0 Å². The van der Waals surface area contributed by atoms with Gasteiger partial charge in [-0.2, -0.15) is 0 Å². The maximum absolute atomic E-state index is 13.3. The van der Waals surface area contributed by atoms with E-state index in [0.29, 0.717) is 43.8 Å². The highest BCUT2D eigenvalue weighted by Crippen LogP contribution is 2.37. The van der Waals surface area contributed by atoms with Gasteiger partial charge in [-0.1, -0.05) is 30.3 Å². The Hall–Kier alpha value is -3.02. The molecule has 2 aromatic rings. The standard InChI is InChI=1S/C23H24N2O4/c26-22-12-17(15-24(22)19-8-9-20-21(13-19)29-11-10-28-20)23(27)25(18-6-7-18)14-16-4-2-1-3-5-16/h1-5,8-9,13,17-18H,6-7,10-12,14-15H2. The summed E-state index contributed by atoms with van der Waals surface area (Å²) < 4.78 is 11.2. The lowest BCUT2D eigenvalue weighted by atomic mass is 10.1. The first-order chi connectivity index (χ1) is 14.2. The van der Waals surface area contributed by atoms with Crippen LogP contribution in [0, 0.1) is 5.92 Å². The third kappa shape index (κ3) is 3.67. The molecule has 0 aromatic heterocycles. The zero-order valence-electron chi connectivity index (χ0n) is 16.3. The van der Waals surface area contributed by atoms with Gasteiger partial charge in [0.1, 0.15) is 13.2 Å². The summed E-state index contributed by atoms with van der Waals surface area (Å²) >= 11 is 0. The van der Waals surface area contributed by atoms with Crippen LogP contribution in [0.5, 0.6) is 11.5 Å². The quantitative estimate of drug-likeness (QED) is 0.785. The van der Waals surface area contributed by atoms with Crippen molar-refractivity contribution in [3.05, 3.63) is 54.1 Å². The highest BCUT2D eigenvalue weighted by molar-refractivity contribution is 6.00. The van der Waals surface area contributed by atoms with Gasteiger partial charge in [-0.15, -0.1) is 0 Å². The number of ether oxygens (including phenoxy) is 2. The summed E-state index contributed by atoms with van der Waals surface area (Å²) in [7, 11) is 0. The van der Waals surface area contributed by atoms with Crippen molar-refractivity contribution >= 4 is 17.5 Å². The van der Waals surface area contributed by atoms with Crippen molar-refractivity contribution in [2.45, 2.75) is 31.8 Å². The SMILES string of the molecule is O=C1CC(C(=O)N(Cc2ccccc2)C2CC2)CN1c1ccc2c(c1)OCCO2. The second kappa shape index (κ2) is 7.43. The van der Waals surface area contributed by atoms with Gasteiger partial charge in [0, 0.05) is 37.3 Å². The molecule has 2 heterocycles. The van der Waals surface area contributed by atoms with E-state index < -0.39 is 0 Å². The number of hydrogen-bond acceptors (Lipinski definition) is 4. The number of carbonyl (C=O) groups is 2. The van der Waals surface area contributed by atoms with Gasteiger partial charge in [0.25, 0.3) is 0 Å². The summed E-state index contributed by atoms with van der Waals surface area (Å²) in [4.78, 5) is 29.7. The molecular formula is C23H24N2O4. The van der Waals surface area contributed by atoms with Crippen LogP contribution in [-0.4, -0.2) is 42.5 Å². The molecule has 1 atom stereocenters. The number of hydrogen-bond donors (Lipinski definition) is 0. The average Bonchev–Trinajstić information content (AvgIpc) is 3.53. The normalized spacial score (nSPS) is 20.6. The van der Waals surface area contributed by atoms with Crippen molar-refractivity contribution in [1.82, 2.24) is 4.90 Å². The lowest BCUT2D eigenvalue weighted by molar-refractivity contribution is -0.137. The van der Waals surface area contributed by atoms with E-state index in [2.05, 4.69) is 0 Å². The number of carbonyl (C=O) groups excluding carboxylic acids is 2. The van der Waals surface area contributed by atoms with Crippen molar-refractivity contribution in [1.29, 1.82) is 0 Å². The first kappa shape index (κ1) is 18.0. The molecule has 2 amide bonds. The third-order valence-electron chi connectivity index (χ3n) is 5.78. The van der Waals surface area contributed by atoms with E-state index in [0.717, 1.165) is 24.1 Å². The largest absolute Gasteiger partial charge is 0.486 e. The molecule has 29 heavy (non-hydrogen) atoms. The smallest absolute Gasteiger partial charge is 0.228 e. The Labute approximate surface area is 170 Å². The van der Waals surface area contributed by atoms with Gasteiger partial charge in [0.15, 0.2) is 11.5 Å². The fourth-order valence-corrected chi connectivity index (χ4v) is 4.11. The van der Waals surface area contributed by atoms with E-state index in [9.17, 15) is 9.59 Å². The van der Waals surface area contributed by atoms with E-state index in [-0.39, 0.29) is 24.2 Å². The molecule has 1 aliphatic carbocycles. The molecule has 6 heteroatoms. The molecule has 1 saturated heterocycles. The van der Waals surface area contributed by atoms with Crippen LogP contribution in [-0.2, 0) is 16.1 Å². The summed E-state index contributed by atoms with van der Waals surface area (Å²) in [6, 6.07) is 15.9. The van der Waals surface area contributed by atoms with Gasteiger partial charge in [0.2, 0.25) is 11.8 Å². The van der Waals surface area contributed by atoms with Crippen LogP contribution in [0.15, 0.2) is 48.5 Å².